The molecule has 3 aliphatic heterocycles. The zero-order valence-corrected chi connectivity index (χ0v) is 16.4. The van der Waals surface area contributed by atoms with Crippen molar-refractivity contribution in [3.63, 3.8) is 0 Å². The first-order chi connectivity index (χ1) is 14.0. The van der Waals surface area contributed by atoms with E-state index in [4.69, 9.17) is 14.6 Å². The highest BCUT2D eigenvalue weighted by molar-refractivity contribution is 5.95. The van der Waals surface area contributed by atoms with E-state index < -0.39 is 0 Å². The van der Waals surface area contributed by atoms with Crippen LogP contribution in [0.3, 0.4) is 0 Å². The Kier molecular flexibility index (Phi) is 7.54. The Morgan fingerprint density at radius 1 is 1.38 bits per heavy atom. The maximum atomic E-state index is 12.9. The maximum absolute atomic E-state index is 12.9. The number of nitrogens with zero attached hydrogens (tertiary/aromatic N) is 3. The van der Waals surface area contributed by atoms with E-state index in [9.17, 15) is 14.4 Å². The fourth-order valence-electron chi connectivity index (χ4n) is 3.61. The Labute approximate surface area is 168 Å². The highest BCUT2D eigenvalue weighted by atomic mass is 16.5. The molecule has 0 bridgehead atoms. The highest BCUT2D eigenvalue weighted by Crippen LogP contribution is 2.24. The number of nitrogens with one attached hydrogen (secondary N) is 1. The molecule has 1 aromatic heterocycles. The van der Waals surface area contributed by atoms with Gasteiger partial charge in [-0.2, -0.15) is 0 Å². The van der Waals surface area contributed by atoms with Gasteiger partial charge in [-0.25, -0.2) is 0 Å². The Morgan fingerprint density at radius 2 is 2.03 bits per heavy atom. The van der Waals surface area contributed by atoms with Crippen LogP contribution in [0.2, 0.25) is 0 Å². The van der Waals surface area contributed by atoms with Crippen molar-refractivity contribution in [3.8, 4) is 0 Å². The summed E-state index contributed by atoms with van der Waals surface area (Å²) in [5.74, 6) is 0.147. The zero-order valence-electron chi connectivity index (χ0n) is 16.4. The van der Waals surface area contributed by atoms with Crippen molar-refractivity contribution >= 4 is 18.3 Å². The first-order valence-electron chi connectivity index (χ1n) is 9.19. The Bertz CT molecular complexity index is 817. The summed E-state index contributed by atoms with van der Waals surface area (Å²) >= 11 is 0. The molecule has 0 radical (unpaired) electrons. The van der Waals surface area contributed by atoms with Gasteiger partial charge in [0.1, 0.15) is 11.9 Å². The number of amides is 2. The first kappa shape index (κ1) is 22.2. The molecule has 2 fully saturated rings. The van der Waals surface area contributed by atoms with Crippen LogP contribution in [0.15, 0.2) is 30.2 Å². The predicted molar refractivity (Wildman–Crippen MR) is 105 cm³/mol. The smallest absolute Gasteiger partial charge is 0.290 e. The first-order valence-corrected chi connectivity index (χ1v) is 9.19. The average molecular weight is 406 g/mol. The lowest BCUT2D eigenvalue weighted by Crippen LogP contribution is -2.59. The maximum Gasteiger partial charge on any atom is 0.290 e. The minimum Gasteiger partial charge on any atom is -0.483 e. The van der Waals surface area contributed by atoms with Gasteiger partial charge in [0, 0.05) is 44.4 Å². The molecule has 0 unspecified atom stereocenters. The number of morpholine rings is 1. The topological polar surface area (TPSA) is 121 Å². The van der Waals surface area contributed by atoms with Crippen LogP contribution in [0.25, 0.3) is 0 Å². The summed E-state index contributed by atoms with van der Waals surface area (Å²) in [5.41, 5.74) is 4.06. The van der Waals surface area contributed by atoms with E-state index in [1.807, 2.05) is 0 Å². The number of hydrogen-bond donors (Lipinski definition) is 2. The van der Waals surface area contributed by atoms with Gasteiger partial charge in [-0.05, 0) is 12.3 Å². The van der Waals surface area contributed by atoms with Gasteiger partial charge in [-0.1, -0.05) is 0 Å². The molecule has 0 saturated carbocycles. The Morgan fingerprint density at radius 3 is 2.66 bits per heavy atom. The molecule has 10 heteroatoms. The third-order valence-corrected chi connectivity index (χ3v) is 4.97. The van der Waals surface area contributed by atoms with Crippen LogP contribution in [0.4, 0.5) is 0 Å². The molecule has 10 nitrogen and oxygen atoms in total. The van der Waals surface area contributed by atoms with Gasteiger partial charge in [-0.15, -0.1) is 13.2 Å². The molecule has 4 rings (SSSR count). The molecule has 3 aliphatic rings. The van der Waals surface area contributed by atoms with Gasteiger partial charge >= 0.3 is 0 Å². The second-order valence-corrected chi connectivity index (χ2v) is 6.70. The van der Waals surface area contributed by atoms with Gasteiger partial charge < -0.3 is 25.1 Å². The van der Waals surface area contributed by atoms with Gasteiger partial charge in [-0.3, -0.25) is 23.9 Å². The second kappa shape index (κ2) is 9.87. The van der Waals surface area contributed by atoms with Crippen molar-refractivity contribution in [2.45, 2.75) is 19.5 Å². The van der Waals surface area contributed by atoms with Crippen LogP contribution >= 0.6 is 0 Å². The summed E-state index contributed by atoms with van der Waals surface area (Å²) in [6.45, 7) is 10.0. The van der Waals surface area contributed by atoms with E-state index in [-0.39, 0.29) is 35.8 Å². The largest absolute Gasteiger partial charge is 0.483 e. The minimum absolute atomic E-state index is 0.0481. The van der Waals surface area contributed by atoms with Crippen LogP contribution < -0.4 is 10.9 Å². The summed E-state index contributed by atoms with van der Waals surface area (Å²) in [6, 6.07) is 1.49. The van der Waals surface area contributed by atoms with Crippen molar-refractivity contribution in [1.82, 2.24) is 14.5 Å². The van der Waals surface area contributed by atoms with Crippen LogP contribution in [-0.4, -0.2) is 76.9 Å². The van der Waals surface area contributed by atoms with E-state index in [0.717, 1.165) is 0 Å². The van der Waals surface area contributed by atoms with E-state index >= 15 is 0 Å². The third-order valence-electron chi connectivity index (χ3n) is 4.97. The summed E-state index contributed by atoms with van der Waals surface area (Å²) in [6.07, 6.45) is 1.92. The van der Waals surface area contributed by atoms with Crippen molar-refractivity contribution in [1.29, 1.82) is 0 Å². The molecule has 0 aromatic carbocycles. The monoisotopic (exact) mass is 406 g/mol. The number of carbonyl (C=O) groups excluding carboxylic acids is 2. The molecular weight excluding hydrogens is 380 g/mol. The number of rotatable bonds is 2. The molecule has 158 valence electrons. The summed E-state index contributed by atoms with van der Waals surface area (Å²) in [5, 5.41) is 6.89. The van der Waals surface area contributed by atoms with Crippen molar-refractivity contribution in [2.24, 2.45) is 5.92 Å². The third kappa shape index (κ3) is 4.65. The summed E-state index contributed by atoms with van der Waals surface area (Å²) in [7, 11) is 0. The number of ether oxygens (including phenoxy) is 1. The number of carbonyl (C=O) groups is 3. The summed E-state index contributed by atoms with van der Waals surface area (Å²) < 4.78 is 7.06. The molecule has 0 aliphatic carbocycles. The van der Waals surface area contributed by atoms with Gasteiger partial charge in [0.15, 0.2) is 5.43 Å². The lowest BCUT2D eigenvalue weighted by Gasteiger charge is -2.42. The minimum atomic E-state index is -0.250. The molecule has 4 heterocycles. The predicted octanol–water partition coefficient (Wildman–Crippen LogP) is -0.272. The number of likely N-dealkylation sites (tertiary alicyclic amines) is 1. The average Bonchev–Trinajstić information content (AvgIpc) is 2.68. The fourth-order valence-corrected chi connectivity index (χ4v) is 3.61. The second-order valence-electron chi connectivity index (χ2n) is 6.70. The van der Waals surface area contributed by atoms with Crippen LogP contribution in [-0.2, 0) is 20.7 Å². The molecule has 2 amide bonds. The van der Waals surface area contributed by atoms with Gasteiger partial charge in [0.2, 0.25) is 5.91 Å². The molecule has 1 aromatic rings. The number of carboxylic acid groups (broad SMARTS) is 1. The fraction of sp³-hybridized carbons (Fsp3) is 0.474. The van der Waals surface area contributed by atoms with Crippen LogP contribution in [0.5, 0.6) is 0 Å². The number of fused-ring (bicyclic) bond motifs is 2. The van der Waals surface area contributed by atoms with E-state index in [1.165, 1.54) is 6.07 Å². The van der Waals surface area contributed by atoms with Crippen LogP contribution in [0.1, 0.15) is 23.0 Å². The van der Waals surface area contributed by atoms with Crippen molar-refractivity contribution < 1.29 is 24.2 Å². The van der Waals surface area contributed by atoms with Gasteiger partial charge in [0.25, 0.3) is 12.4 Å². The molecule has 0 spiro atoms. The molecule has 1 atom stereocenters. The SMILES string of the molecule is C=C.CC(=O)N1CC(Cc2c3n(ccc2=O)N[C@@H]2COCCN2C3=O)C1.O=CO. The summed E-state index contributed by atoms with van der Waals surface area (Å²) in [4.78, 5) is 48.4. The normalized spacial score (nSPS) is 19.8. The molecule has 29 heavy (non-hydrogen) atoms. The van der Waals surface area contributed by atoms with Gasteiger partial charge in [0.05, 0.1) is 13.2 Å². The lowest BCUT2D eigenvalue weighted by molar-refractivity contribution is -0.135. The van der Waals surface area contributed by atoms with E-state index in [1.54, 1.807) is 27.6 Å². The Hall–Kier alpha value is -3.14. The van der Waals surface area contributed by atoms with Crippen molar-refractivity contribution in [3.05, 3.63) is 46.9 Å². The number of pyridine rings is 1. The zero-order chi connectivity index (χ0) is 21.6. The number of hydrogen-bond acceptors (Lipinski definition) is 6. The standard InChI is InChI=1S/C16H20N4O4.C2H4.CH2O2/c1-10(21)18-7-11(8-18)6-12-13(22)2-3-20-15(12)16(23)19-4-5-24-9-14(19)17-20;1-2;2-1-3/h2-3,11,14,17H,4-9H2,1H3;1-2H2;1H,(H,2,3)/t14-;;/m0../s1. The van der Waals surface area contributed by atoms with Crippen LogP contribution in [0, 0.1) is 5.92 Å². The molecule has 2 N–H and O–H groups in total. The Balaban J connectivity index is 0.000000551. The quantitative estimate of drug-likeness (QED) is 0.512. The lowest BCUT2D eigenvalue weighted by atomic mass is 9.90. The van der Waals surface area contributed by atoms with E-state index in [2.05, 4.69) is 18.6 Å². The van der Waals surface area contributed by atoms with E-state index in [0.29, 0.717) is 50.5 Å². The highest BCUT2D eigenvalue weighted by Gasteiger charge is 2.37. The molecular formula is C19H26N4O6. The van der Waals surface area contributed by atoms with Crippen molar-refractivity contribution in [2.75, 3.05) is 38.3 Å². The molecule has 2 saturated heterocycles. The number of aromatic nitrogens is 1.